The minimum Gasteiger partial charge on any atom is -0.475 e. The number of pyridine rings is 1. The van der Waals surface area contributed by atoms with Crippen LogP contribution in [0.5, 0.6) is 5.88 Å². The topological polar surface area (TPSA) is 66.6 Å². The summed E-state index contributed by atoms with van der Waals surface area (Å²) in [7, 11) is 0. The summed E-state index contributed by atoms with van der Waals surface area (Å²) in [6.07, 6.45) is 1.51. The van der Waals surface area contributed by atoms with Crippen molar-refractivity contribution < 1.29 is 14.2 Å². The van der Waals surface area contributed by atoms with E-state index in [-0.39, 0.29) is 6.10 Å². The van der Waals surface area contributed by atoms with Gasteiger partial charge >= 0.3 is 0 Å². The number of anilines is 1. The molecule has 1 aromatic heterocycles. The Bertz CT molecular complexity index is 351. The Morgan fingerprint density at radius 3 is 2.94 bits per heavy atom. The third-order valence-electron chi connectivity index (χ3n) is 2.24. The second-order valence-electron chi connectivity index (χ2n) is 4.19. The molecule has 0 radical (unpaired) electrons. The Hall–Kier alpha value is -1.33. The van der Waals surface area contributed by atoms with E-state index >= 15 is 0 Å². The molecule has 1 aliphatic heterocycles. The number of nitrogens with two attached hydrogens (primary N) is 1. The normalized spacial score (nSPS) is 23.2. The molecule has 5 heteroatoms. The van der Waals surface area contributed by atoms with Crippen molar-refractivity contribution in [3.8, 4) is 5.88 Å². The molecule has 0 saturated carbocycles. The standard InChI is InChI=1S/C11H16N2O3/c1-11(2)15-7-9(16-11)6-14-10-4-3-8(12)5-13-10/h3-5,9H,6-7,12H2,1-2H3. The van der Waals surface area contributed by atoms with Crippen LogP contribution < -0.4 is 10.5 Å². The van der Waals surface area contributed by atoms with Gasteiger partial charge in [0, 0.05) is 6.07 Å². The van der Waals surface area contributed by atoms with Crippen LogP contribution in [-0.4, -0.2) is 30.1 Å². The third-order valence-corrected chi connectivity index (χ3v) is 2.24. The van der Waals surface area contributed by atoms with Crippen molar-refractivity contribution in [3.05, 3.63) is 18.3 Å². The molecule has 0 aliphatic carbocycles. The third kappa shape index (κ3) is 2.84. The van der Waals surface area contributed by atoms with Gasteiger partial charge < -0.3 is 19.9 Å². The molecule has 1 aromatic rings. The van der Waals surface area contributed by atoms with Crippen molar-refractivity contribution in [2.75, 3.05) is 18.9 Å². The van der Waals surface area contributed by atoms with Crippen LogP contribution in [0.15, 0.2) is 18.3 Å². The number of nitrogen functional groups attached to an aromatic ring is 1. The average molecular weight is 224 g/mol. The first-order valence-electron chi connectivity index (χ1n) is 5.21. The molecular weight excluding hydrogens is 208 g/mol. The van der Waals surface area contributed by atoms with Crippen molar-refractivity contribution in [2.24, 2.45) is 0 Å². The summed E-state index contributed by atoms with van der Waals surface area (Å²) in [5.41, 5.74) is 6.14. The summed E-state index contributed by atoms with van der Waals surface area (Å²) in [6.45, 7) is 4.74. The quantitative estimate of drug-likeness (QED) is 0.835. The zero-order valence-corrected chi connectivity index (χ0v) is 9.47. The molecule has 1 atom stereocenters. The van der Waals surface area contributed by atoms with Crippen molar-refractivity contribution in [3.63, 3.8) is 0 Å². The van der Waals surface area contributed by atoms with Gasteiger partial charge in [0.25, 0.3) is 0 Å². The lowest BCUT2D eigenvalue weighted by molar-refractivity contribution is -0.141. The van der Waals surface area contributed by atoms with Gasteiger partial charge in [-0.25, -0.2) is 4.98 Å². The number of nitrogens with zero attached hydrogens (tertiary/aromatic N) is 1. The van der Waals surface area contributed by atoms with Crippen molar-refractivity contribution in [1.82, 2.24) is 4.98 Å². The SMILES string of the molecule is CC1(C)OCC(COc2ccc(N)cn2)O1. The summed E-state index contributed by atoms with van der Waals surface area (Å²) in [5, 5.41) is 0. The fourth-order valence-corrected chi connectivity index (χ4v) is 1.50. The van der Waals surface area contributed by atoms with Gasteiger partial charge in [0.2, 0.25) is 5.88 Å². The van der Waals surface area contributed by atoms with E-state index in [1.165, 1.54) is 0 Å². The second-order valence-corrected chi connectivity index (χ2v) is 4.19. The molecule has 1 unspecified atom stereocenters. The molecule has 0 amide bonds. The fraction of sp³-hybridized carbons (Fsp3) is 0.545. The van der Waals surface area contributed by atoms with Crippen molar-refractivity contribution in [1.29, 1.82) is 0 Å². The Morgan fingerprint density at radius 2 is 2.38 bits per heavy atom. The maximum Gasteiger partial charge on any atom is 0.213 e. The van der Waals surface area contributed by atoms with E-state index < -0.39 is 5.79 Å². The van der Waals surface area contributed by atoms with E-state index in [1.54, 1.807) is 18.3 Å². The van der Waals surface area contributed by atoms with E-state index in [9.17, 15) is 0 Å². The second kappa shape index (κ2) is 4.27. The Kier molecular flexibility index (Phi) is 2.98. The molecular formula is C11H16N2O3. The monoisotopic (exact) mass is 224 g/mol. The first-order chi connectivity index (χ1) is 7.55. The van der Waals surface area contributed by atoms with Gasteiger partial charge in [-0.05, 0) is 19.9 Å². The number of hydrogen-bond acceptors (Lipinski definition) is 5. The van der Waals surface area contributed by atoms with Gasteiger partial charge in [0.05, 0.1) is 18.5 Å². The minimum absolute atomic E-state index is 0.0469. The van der Waals surface area contributed by atoms with E-state index in [0.29, 0.717) is 24.8 Å². The molecule has 0 aromatic carbocycles. The highest BCUT2D eigenvalue weighted by Crippen LogP contribution is 2.22. The molecule has 2 rings (SSSR count). The molecule has 16 heavy (non-hydrogen) atoms. The number of rotatable bonds is 3. The zero-order chi connectivity index (χ0) is 11.6. The predicted octanol–water partition coefficient (Wildman–Crippen LogP) is 1.19. The lowest BCUT2D eigenvalue weighted by Crippen LogP contribution is -2.25. The van der Waals surface area contributed by atoms with Crippen LogP contribution in [-0.2, 0) is 9.47 Å². The van der Waals surface area contributed by atoms with E-state index in [4.69, 9.17) is 19.9 Å². The van der Waals surface area contributed by atoms with Crippen LogP contribution in [0.25, 0.3) is 0 Å². The summed E-state index contributed by atoms with van der Waals surface area (Å²) in [6, 6.07) is 3.48. The molecule has 88 valence electrons. The van der Waals surface area contributed by atoms with Crippen molar-refractivity contribution >= 4 is 5.69 Å². The first kappa shape index (κ1) is 11.2. The number of ether oxygens (including phenoxy) is 3. The lowest BCUT2D eigenvalue weighted by Gasteiger charge is -2.17. The summed E-state index contributed by atoms with van der Waals surface area (Å²) >= 11 is 0. The maximum absolute atomic E-state index is 5.59. The van der Waals surface area contributed by atoms with Crippen LogP contribution in [0.4, 0.5) is 5.69 Å². The molecule has 1 fully saturated rings. The Labute approximate surface area is 94.5 Å². The molecule has 0 bridgehead atoms. The zero-order valence-electron chi connectivity index (χ0n) is 9.47. The van der Waals surface area contributed by atoms with Gasteiger partial charge in [-0.1, -0.05) is 0 Å². The van der Waals surface area contributed by atoms with E-state index in [2.05, 4.69) is 4.98 Å². The number of aromatic nitrogens is 1. The molecule has 0 spiro atoms. The van der Waals surface area contributed by atoms with Crippen LogP contribution in [0.3, 0.4) is 0 Å². The summed E-state index contributed by atoms with van der Waals surface area (Å²) < 4.78 is 16.5. The van der Waals surface area contributed by atoms with Crippen LogP contribution in [0.2, 0.25) is 0 Å². The van der Waals surface area contributed by atoms with Crippen LogP contribution in [0.1, 0.15) is 13.8 Å². The van der Waals surface area contributed by atoms with Gasteiger partial charge in [0.1, 0.15) is 12.7 Å². The minimum atomic E-state index is -0.511. The van der Waals surface area contributed by atoms with E-state index in [0.717, 1.165) is 0 Å². The summed E-state index contributed by atoms with van der Waals surface area (Å²) in [4.78, 5) is 4.03. The van der Waals surface area contributed by atoms with Gasteiger partial charge in [-0.3, -0.25) is 0 Å². The molecule has 1 saturated heterocycles. The highest BCUT2D eigenvalue weighted by atomic mass is 16.7. The predicted molar refractivity (Wildman–Crippen MR) is 59.0 cm³/mol. The van der Waals surface area contributed by atoms with E-state index in [1.807, 2.05) is 13.8 Å². The molecule has 2 N–H and O–H groups in total. The molecule has 2 heterocycles. The average Bonchev–Trinajstić information content (AvgIpc) is 2.58. The highest BCUT2D eigenvalue weighted by Gasteiger charge is 2.32. The van der Waals surface area contributed by atoms with Crippen LogP contribution in [0, 0.1) is 0 Å². The Balaban J connectivity index is 1.82. The molecule has 5 nitrogen and oxygen atoms in total. The largest absolute Gasteiger partial charge is 0.475 e. The van der Waals surface area contributed by atoms with Gasteiger partial charge in [-0.2, -0.15) is 0 Å². The fourth-order valence-electron chi connectivity index (χ4n) is 1.50. The van der Waals surface area contributed by atoms with Gasteiger partial charge in [0.15, 0.2) is 5.79 Å². The van der Waals surface area contributed by atoms with Gasteiger partial charge in [-0.15, -0.1) is 0 Å². The molecule has 1 aliphatic rings. The smallest absolute Gasteiger partial charge is 0.213 e. The first-order valence-corrected chi connectivity index (χ1v) is 5.21. The van der Waals surface area contributed by atoms with Crippen molar-refractivity contribution in [2.45, 2.75) is 25.7 Å². The lowest BCUT2D eigenvalue weighted by atomic mass is 10.4. The number of hydrogen-bond donors (Lipinski definition) is 1. The summed E-state index contributed by atoms with van der Waals surface area (Å²) in [5.74, 6) is 0.0326. The Morgan fingerprint density at radius 1 is 1.56 bits per heavy atom. The van der Waals surface area contributed by atoms with Crippen LogP contribution >= 0.6 is 0 Å². The maximum atomic E-state index is 5.59. The highest BCUT2D eigenvalue weighted by molar-refractivity contribution is 5.35.